The minimum Gasteiger partial charge on any atom is -0.445 e. The number of hydrogen-bond donors (Lipinski definition) is 5. The van der Waals surface area contributed by atoms with Crippen molar-refractivity contribution in [1.29, 1.82) is 0 Å². The zero-order chi connectivity index (χ0) is 40.3. The Morgan fingerprint density at radius 2 is 0.786 bits per heavy atom. The van der Waals surface area contributed by atoms with Gasteiger partial charge in [0.05, 0.1) is 18.2 Å². The molecule has 4 aromatic carbocycles. The Morgan fingerprint density at radius 3 is 1.09 bits per heavy atom. The van der Waals surface area contributed by atoms with Gasteiger partial charge in [-0.2, -0.15) is 0 Å². The third-order valence-electron chi connectivity index (χ3n) is 9.13. The summed E-state index contributed by atoms with van der Waals surface area (Å²) < 4.78 is 10.9. The van der Waals surface area contributed by atoms with Gasteiger partial charge in [-0.3, -0.25) is 9.59 Å². The normalized spacial score (nSPS) is 13.3. The Hall–Kier alpha value is -5.68. The lowest BCUT2D eigenvalue weighted by atomic mass is 9.91. The Balaban J connectivity index is 1.56. The largest absolute Gasteiger partial charge is 0.445 e. The van der Waals surface area contributed by atoms with Gasteiger partial charge >= 0.3 is 12.2 Å². The van der Waals surface area contributed by atoms with Gasteiger partial charge in [-0.15, -0.1) is 0 Å². The van der Waals surface area contributed by atoms with Crippen LogP contribution in [0.1, 0.15) is 62.8 Å². The molecule has 56 heavy (non-hydrogen) atoms. The van der Waals surface area contributed by atoms with E-state index in [1.807, 2.05) is 149 Å². The average molecular weight is 765 g/mol. The number of benzene rings is 4. The first-order valence-corrected chi connectivity index (χ1v) is 19.3. The number of carbonyl (C=O) groups excluding carboxylic acids is 4. The zero-order valence-corrected chi connectivity index (χ0v) is 32.7. The molecule has 0 radical (unpaired) electrons. The molecule has 0 aliphatic rings. The van der Waals surface area contributed by atoms with Crippen molar-refractivity contribution in [2.45, 2.75) is 96.9 Å². The SMILES string of the molecule is CC(C)C[C@H](NC(=O)OCc1ccccc1)C(=O)N[C@@H](Cc1ccccc1)C(O)[C@H](Cc1ccccc1)NC(=O)[C@H](CC(C)C)NC(=O)OCc1ccccc1. The average Bonchev–Trinajstić information content (AvgIpc) is 3.19. The van der Waals surface area contributed by atoms with Crippen LogP contribution in [0.2, 0.25) is 0 Å². The van der Waals surface area contributed by atoms with Gasteiger partial charge in [0, 0.05) is 0 Å². The second-order valence-corrected chi connectivity index (χ2v) is 14.9. The second-order valence-electron chi connectivity index (χ2n) is 14.9. The topological polar surface area (TPSA) is 155 Å². The minimum atomic E-state index is -1.31. The van der Waals surface area contributed by atoms with Gasteiger partial charge in [0.1, 0.15) is 25.3 Å². The highest BCUT2D eigenvalue weighted by molar-refractivity contribution is 5.87. The van der Waals surface area contributed by atoms with Gasteiger partial charge in [-0.1, -0.05) is 149 Å². The van der Waals surface area contributed by atoms with Gasteiger partial charge in [0.2, 0.25) is 11.8 Å². The Bertz CT molecular complexity index is 1640. The van der Waals surface area contributed by atoms with Gasteiger partial charge in [0.25, 0.3) is 0 Å². The van der Waals surface area contributed by atoms with Crippen LogP contribution >= 0.6 is 0 Å². The maximum Gasteiger partial charge on any atom is 0.408 e. The molecule has 0 aromatic heterocycles. The molecule has 4 atom stereocenters. The standard InChI is InChI=1S/C45H56N4O7/c1-31(2)25-39(48-44(53)55-29-35-21-13-7-14-22-35)42(51)46-37(27-33-17-9-5-10-18-33)41(50)38(28-34-19-11-6-12-20-34)47-43(52)40(26-32(3)4)49-45(54)56-30-36-23-15-8-16-24-36/h5-24,31-32,37-41,50H,25-30H2,1-4H3,(H,46,51)(H,47,52)(H,48,53)(H,49,54)/t37-,38-,39-,40-/m0/s1. The lowest BCUT2D eigenvalue weighted by molar-refractivity contribution is -0.126. The van der Waals surface area contributed by atoms with E-state index in [1.54, 1.807) is 0 Å². The maximum absolute atomic E-state index is 14.1. The van der Waals surface area contributed by atoms with Crippen molar-refractivity contribution in [3.05, 3.63) is 144 Å². The molecule has 0 bridgehead atoms. The fourth-order valence-electron chi connectivity index (χ4n) is 6.32. The summed E-state index contributed by atoms with van der Waals surface area (Å²) in [4.78, 5) is 54.0. The van der Waals surface area contributed by atoms with Crippen LogP contribution in [0.25, 0.3) is 0 Å². The summed E-state index contributed by atoms with van der Waals surface area (Å²) in [6.45, 7) is 7.85. The van der Waals surface area contributed by atoms with Crippen molar-refractivity contribution >= 4 is 24.0 Å². The fraction of sp³-hybridized carbons (Fsp3) is 0.378. The number of aliphatic hydroxyl groups excluding tert-OH is 1. The van der Waals surface area contributed by atoms with Crippen molar-refractivity contribution in [2.75, 3.05) is 0 Å². The molecule has 0 fully saturated rings. The molecule has 4 rings (SSSR count). The number of carbonyl (C=O) groups is 4. The number of amides is 4. The van der Waals surface area contributed by atoms with Crippen LogP contribution in [0.3, 0.4) is 0 Å². The number of aliphatic hydroxyl groups is 1. The number of rotatable bonds is 20. The third-order valence-corrected chi connectivity index (χ3v) is 9.13. The van der Waals surface area contributed by atoms with Gasteiger partial charge < -0.3 is 35.8 Å². The van der Waals surface area contributed by atoms with Crippen molar-refractivity contribution < 1.29 is 33.8 Å². The van der Waals surface area contributed by atoms with Crippen LogP contribution in [-0.4, -0.2) is 59.4 Å². The lowest BCUT2D eigenvalue weighted by Crippen LogP contribution is -2.60. The van der Waals surface area contributed by atoms with E-state index in [0.717, 1.165) is 22.3 Å². The van der Waals surface area contributed by atoms with E-state index in [-0.39, 0.29) is 37.9 Å². The van der Waals surface area contributed by atoms with Crippen LogP contribution in [0, 0.1) is 11.8 Å². The molecule has 0 heterocycles. The summed E-state index contributed by atoms with van der Waals surface area (Å²) in [6.07, 6.45) is -1.72. The van der Waals surface area contributed by atoms with E-state index in [4.69, 9.17) is 9.47 Å². The molecular formula is C45H56N4O7. The number of ether oxygens (including phenoxy) is 2. The molecule has 0 aliphatic carbocycles. The Labute approximate surface area is 330 Å². The molecule has 0 saturated carbocycles. The predicted molar refractivity (Wildman–Crippen MR) is 216 cm³/mol. The number of hydrogen-bond acceptors (Lipinski definition) is 7. The summed E-state index contributed by atoms with van der Waals surface area (Å²) in [5.41, 5.74) is 3.30. The van der Waals surface area contributed by atoms with Gasteiger partial charge in [-0.25, -0.2) is 9.59 Å². The first-order valence-electron chi connectivity index (χ1n) is 19.3. The van der Waals surface area contributed by atoms with E-state index >= 15 is 0 Å². The Morgan fingerprint density at radius 1 is 0.482 bits per heavy atom. The smallest absolute Gasteiger partial charge is 0.408 e. The van der Waals surface area contributed by atoms with E-state index in [9.17, 15) is 24.3 Å². The quantitative estimate of drug-likeness (QED) is 0.0690. The summed E-state index contributed by atoms with van der Waals surface area (Å²) in [7, 11) is 0. The van der Waals surface area contributed by atoms with Gasteiger partial charge in [0.15, 0.2) is 0 Å². The summed E-state index contributed by atoms with van der Waals surface area (Å²) in [5, 5.41) is 23.7. The summed E-state index contributed by atoms with van der Waals surface area (Å²) in [5.74, 6) is -0.929. The van der Waals surface area contributed by atoms with Crippen LogP contribution in [0.4, 0.5) is 9.59 Å². The molecule has 0 unspecified atom stereocenters. The molecule has 4 aromatic rings. The van der Waals surface area contributed by atoms with Crippen molar-refractivity contribution in [2.24, 2.45) is 11.8 Å². The highest BCUT2D eigenvalue weighted by Gasteiger charge is 2.35. The first-order chi connectivity index (χ1) is 27.0. The van der Waals surface area contributed by atoms with Crippen molar-refractivity contribution in [3.63, 3.8) is 0 Å². The summed E-state index contributed by atoms with van der Waals surface area (Å²) >= 11 is 0. The second kappa shape index (κ2) is 22.6. The fourth-order valence-corrected chi connectivity index (χ4v) is 6.32. The molecule has 11 heteroatoms. The molecule has 4 amide bonds. The van der Waals surface area contributed by atoms with Crippen molar-refractivity contribution in [3.8, 4) is 0 Å². The van der Waals surface area contributed by atoms with Crippen LogP contribution in [0.5, 0.6) is 0 Å². The molecule has 5 N–H and O–H groups in total. The van der Waals surface area contributed by atoms with Gasteiger partial charge in [-0.05, 0) is 59.8 Å². The molecular weight excluding hydrogens is 709 g/mol. The molecule has 0 saturated heterocycles. The molecule has 0 aliphatic heterocycles. The van der Waals surface area contributed by atoms with E-state index in [2.05, 4.69) is 21.3 Å². The third kappa shape index (κ3) is 15.2. The maximum atomic E-state index is 14.1. The molecule has 0 spiro atoms. The van der Waals surface area contributed by atoms with E-state index in [0.29, 0.717) is 12.8 Å². The zero-order valence-electron chi connectivity index (χ0n) is 32.7. The monoisotopic (exact) mass is 764 g/mol. The minimum absolute atomic E-state index is 0.0348. The predicted octanol–water partition coefficient (Wildman–Crippen LogP) is 6.48. The molecule has 11 nitrogen and oxygen atoms in total. The highest BCUT2D eigenvalue weighted by atomic mass is 16.6. The number of nitrogens with one attached hydrogen (secondary N) is 4. The Kier molecular flexibility index (Phi) is 17.4. The number of alkyl carbamates (subject to hydrolysis) is 2. The first kappa shape index (κ1) is 43.1. The van der Waals surface area contributed by atoms with E-state index < -0.39 is 54.3 Å². The lowest BCUT2D eigenvalue weighted by Gasteiger charge is -2.34. The highest BCUT2D eigenvalue weighted by Crippen LogP contribution is 2.16. The van der Waals surface area contributed by atoms with E-state index in [1.165, 1.54) is 0 Å². The summed E-state index contributed by atoms with van der Waals surface area (Å²) in [6, 6.07) is 33.6. The van der Waals surface area contributed by atoms with Crippen LogP contribution in [-0.2, 0) is 45.1 Å². The molecule has 298 valence electrons. The van der Waals surface area contributed by atoms with Crippen LogP contribution in [0.15, 0.2) is 121 Å². The van der Waals surface area contributed by atoms with Crippen LogP contribution < -0.4 is 21.3 Å². The van der Waals surface area contributed by atoms with Crippen molar-refractivity contribution in [1.82, 2.24) is 21.3 Å².